The first kappa shape index (κ1) is 13.7. The minimum absolute atomic E-state index is 0.742. The van der Waals surface area contributed by atoms with Crippen LogP contribution in [-0.2, 0) is 6.54 Å². The molecule has 2 aromatic carbocycles. The molecule has 2 aromatic rings. The molecule has 2 heteroatoms. The van der Waals surface area contributed by atoms with Crippen LogP contribution in [0.3, 0.4) is 0 Å². The van der Waals surface area contributed by atoms with Crippen LogP contribution in [0.2, 0.25) is 5.02 Å². The highest BCUT2D eigenvalue weighted by Gasteiger charge is 1.96. The lowest BCUT2D eigenvalue weighted by Crippen LogP contribution is -2.17. The Labute approximate surface area is 119 Å². The Kier molecular flexibility index (Phi) is 5.03. The van der Waals surface area contributed by atoms with Gasteiger partial charge in [-0.2, -0.15) is 0 Å². The molecule has 0 fully saturated rings. The van der Waals surface area contributed by atoms with E-state index in [2.05, 4.69) is 48.1 Å². The van der Waals surface area contributed by atoms with Gasteiger partial charge in [-0.05, 0) is 36.9 Å². The maximum absolute atomic E-state index is 5.83. The molecule has 2 rings (SSSR count). The number of halogens is 1. The quantitative estimate of drug-likeness (QED) is 0.766. The Morgan fingerprint density at radius 2 is 1.68 bits per heavy atom. The van der Waals surface area contributed by atoms with E-state index in [1.54, 1.807) is 0 Å². The van der Waals surface area contributed by atoms with E-state index in [0.29, 0.717) is 0 Å². The van der Waals surface area contributed by atoms with Crippen molar-refractivity contribution in [2.24, 2.45) is 0 Å². The summed E-state index contributed by atoms with van der Waals surface area (Å²) in [6.45, 7) is 1.66. The Hall–Kier alpha value is -1.75. The van der Waals surface area contributed by atoms with Crippen LogP contribution in [0.15, 0.2) is 54.6 Å². The van der Waals surface area contributed by atoms with Crippen molar-refractivity contribution in [3.05, 3.63) is 70.7 Å². The lowest BCUT2D eigenvalue weighted by molar-refractivity contribution is 0.369. The van der Waals surface area contributed by atoms with E-state index >= 15 is 0 Å². The minimum atomic E-state index is 0.742. The summed E-state index contributed by atoms with van der Waals surface area (Å²) in [4.78, 5) is 2.19. The fraction of sp³-hybridized carbons (Fsp3) is 0.176. The first-order chi connectivity index (χ1) is 9.24. The maximum Gasteiger partial charge on any atom is 0.0605 e. The molecule has 0 aliphatic rings. The summed E-state index contributed by atoms with van der Waals surface area (Å²) in [6.07, 6.45) is 0. The predicted molar refractivity (Wildman–Crippen MR) is 81.1 cm³/mol. The summed E-state index contributed by atoms with van der Waals surface area (Å²) in [5.74, 6) is 6.31. The monoisotopic (exact) mass is 269 g/mol. The molecule has 0 aliphatic heterocycles. The molecule has 0 spiro atoms. The van der Waals surface area contributed by atoms with Crippen LogP contribution in [0.4, 0.5) is 0 Å². The van der Waals surface area contributed by atoms with Crippen LogP contribution in [0.5, 0.6) is 0 Å². The van der Waals surface area contributed by atoms with Gasteiger partial charge < -0.3 is 0 Å². The highest BCUT2D eigenvalue weighted by atomic mass is 35.5. The lowest BCUT2D eigenvalue weighted by atomic mass is 10.2. The predicted octanol–water partition coefficient (Wildman–Crippen LogP) is 3.82. The smallest absolute Gasteiger partial charge is 0.0605 e. The number of rotatable bonds is 3. The Bertz CT molecular complexity index is 564. The third-order valence-corrected chi connectivity index (χ3v) is 2.97. The van der Waals surface area contributed by atoms with E-state index in [1.807, 2.05) is 30.3 Å². The number of nitrogens with zero attached hydrogens (tertiary/aromatic N) is 1. The van der Waals surface area contributed by atoms with Crippen molar-refractivity contribution in [3.63, 3.8) is 0 Å². The van der Waals surface area contributed by atoms with Crippen molar-refractivity contribution < 1.29 is 0 Å². The second-order valence-corrected chi connectivity index (χ2v) is 4.90. The summed E-state index contributed by atoms with van der Waals surface area (Å²) >= 11 is 5.83. The molecular weight excluding hydrogens is 254 g/mol. The van der Waals surface area contributed by atoms with Crippen LogP contribution in [0, 0.1) is 11.8 Å². The first-order valence-corrected chi connectivity index (χ1v) is 6.59. The van der Waals surface area contributed by atoms with Gasteiger partial charge in [0.15, 0.2) is 0 Å². The Morgan fingerprint density at radius 1 is 1.00 bits per heavy atom. The topological polar surface area (TPSA) is 3.24 Å². The lowest BCUT2D eigenvalue weighted by Gasteiger charge is -2.12. The van der Waals surface area contributed by atoms with E-state index < -0.39 is 0 Å². The number of benzene rings is 2. The molecule has 19 heavy (non-hydrogen) atoms. The molecule has 0 saturated carbocycles. The molecule has 0 aliphatic carbocycles. The highest BCUT2D eigenvalue weighted by Crippen LogP contribution is 2.08. The SMILES string of the molecule is CN(CC#Cc1ccc(Cl)cc1)Cc1ccccc1. The van der Waals surface area contributed by atoms with Gasteiger partial charge in [0.25, 0.3) is 0 Å². The van der Waals surface area contributed by atoms with Crippen molar-refractivity contribution in [2.75, 3.05) is 13.6 Å². The molecule has 0 saturated heterocycles. The van der Waals surface area contributed by atoms with E-state index in [1.165, 1.54) is 5.56 Å². The van der Waals surface area contributed by atoms with Crippen LogP contribution in [-0.4, -0.2) is 18.5 Å². The third kappa shape index (κ3) is 4.79. The second-order valence-electron chi connectivity index (χ2n) is 4.47. The van der Waals surface area contributed by atoms with Crippen LogP contribution in [0.1, 0.15) is 11.1 Å². The normalized spacial score (nSPS) is 10.1. The van der Waals surface area contributed by atoms with Gasteiger partial charge in [-0.25, -0.2) is 0 Å². The van der Waals surface area contributed by atoms with Crippen molar-refractivity contribution in [2.45, 2.75) is 6.54 Å². The molecule has 0 N–H and O–H groups in total. The van der Waals surface area contributed by atoms with E-state index in [9.17, 15) is 0 Å². The molecule has 0 amide bonds. The molecular formula is C17H16ClN. The van der Waals surface area contributed by atoms with Gasteiger partial charge in [-0.1, -0.05) is 53.8 Å². The molecule has 1 nitrogen and oxygen atoms in total. The average molecular weight is 270 g/mol. The van der Waals surface area contributed by atoms with Gasteiger partial charge in [-0.3, -0.25) is 4.90 Å². The van der Waals surface area contributed by atoms with Crippen LogP contribution < -0.4 is 0 Å². The number of hydrogen-bond donors (Lipinski definition) is 0. The Balaban J connectivity index is 1.87. The fourth-order valence-electron chi connectivity index (χ4n) is 1.76. The molecule has 0 heterocycles. The average Bonchev–Trinajstić information content (AvgIpc) is 2.42. The van der Waals surface area contributed by atoms with Crippen LogP contribution in [0.25, 0.3) is 0 Å². The van der Waals surface area contributed by atoms with Gasteiger partial charge in [0.05, 0.1) is 6.54 Å². The van der Waals surface area contributed by atoms with Crippen molar-refractivity contribution in [1.29, 1.82) is 0 Å². The van der Waals surface area contributed by atoms with E-state index in [4.69, 9.17) is 11.6 Å². The van der Waals surface area contributed by atoms with Crippen molar-refractivity contribution >= 4 is 11.6 Å². The second kappa shape index (κ2) is 6.99. The largest absolute Gasteiger partial charge is 0.291 e. The minimum Gasteiger partial charge on any atom is -0.291 e. The summed E-state index contributed by atoms with van der Waals surface area (Å²) in [6, 6.07) is 18.0. The first-order valence-electron chi connectivity index (χ1n) is 6.21. The van der Waals surface area contributed by atoms with Gasteiger partial charge in [0.1, 0.15) is 0 Å². The maximum atomic E-state index is 5.83. The summed E-state index contributed by atoms with van der Waals surface area (Å²) < 4.78 is 0. The van der Waals surface area contributed by atoms with Crippen LogP contribution >= 0.6 is 11.6 Å². The van der Waals surface area contributed by atoms with Gasteiger partial charge in [0.2, 0.25) is 0 Å². The van der Waals surface area contributed by atoms with Gasteiger partial charge in [-0.15, -0.1) is 0 Å². The molecule has 0 aromatic heterocycles. The third-order valence-electron chi connectivity index (χ3n) is 2.72. The zero-order chi connectivity index (χ0) is 13.5. The summed E-state index contributed by atoms with van der Waals surface area (Å²) in [5.41, 5.74) is 2.30. The van der Waals surface area contributed by atoms with E-state index in [-0.39, 0.29) is 0 Å². The van der Waals surface area contributed by atoms with Crippen molar-refractivity contribution in [1.82, 2.24) is 4.90 Å². The fourth-order valence-corrected chi connectivity index (χ4v) is 1.89. The molecule has 0 bridgehead atoms. The molecule has 0 atom stereocenters. The van der Waals surface area contributed by atoms with Gasteiger partial charge in [0, 0.05) is 17.1 Å². The molecule has 0 radical (unpaired) electrons. The van der Waals surface area contributed by atoms with Gasteiger partial charge >= 0.3 is 0 Å². The highest BCUT2D eigenvalue weighted by molar-refractivity contribution is 6.30. The zero-order valence-electron chi connectivity index (χ0n) is 10.9. The Morgan fingerprint density at radius 3 is 2.37 bits per heavy atom. The number of hydrogen-bond acceptors (Lipinski definition) is 1. The summed E-state index contributed by atoms with van der Waals surface area (Å²) in [5, 5.41) is 0.742. The molecule has 0 unspecified atom stereocenters. The standard InChI is InChI=1S/C17H16ClN/c1-19(14-16-6-3-2-4-7-16)13-5-8-15-9-11-17(18)12-10-15/h2-4,6-7,9-12H,13-14H2,1H3. The summed E-state index contributed by atoms with van der Waals surface area (Å²) in [7, 11) is 2.07. The van der Waals surface area contributed by atoms with E-state index in [0.717, 1.165) is 23.7 Å². The zero-order valence-corrected chi connectivity index (χ0v) is 11.7. The molecule has 96 valence electrons. The van der Waals surface area contributed by atoms with Crippen molar-refractivity contribution in [3.8, 4) is 11.8 Å².